The molecule has 0 bridgehead atoms. The zero-order valence-electron chi connectivity index (χ0n) is 18.8. The molecule has 0 radical (unpaired) electrons. The van der Waals surface area contributed by atoms with Crippen LogP contribution in [-0.4, -0.2) is 47.1 Å². The first-order valence-electron chi connectivity index (χ1n) is 10.9. The number of carbonyl (C=O) groups excluding carboxylic acids is 1. The van der Waals surface area contributed by atoms with Crippen molar-refractivity contribution in [1.29, 1.82) is 0 Å². The Labute approximate surface area is 201 Å². The number of hydrogen-bond donors (Lipinski definition) is 3. The van der Waals surface area contributed by atoms with Crippen LogP contribution in [0.5, 0.6) is 5.88 Å². The number of rotatable bonds is 4. The van der Waals surface area contributed by atoms with E-state index in [-0.39, 0.29) is 23.0 Å². The zero-order valence-corrected chi connectivity index (χ0v) is 19.5. The zero-order chi connectivity index (χ0) is 24.0. The molecule has 9 heteroatoms. The van der Waals surface area contributed by atoms with E-state index in [1.165, 1.54) is 13.2 Å². The third-order valence-corrected chi connectivity index (χ3v) is 6.72. The Balaban J connectivity index is 1.48. The summed E-state index contributed by atoms with van der Waals surface area (Å²) in [7, 11) is 1.43. The summed E-state index contributed by atoms with van der Waals surface area (Å²) in [6, 6.07) is 12.9. The summed E-state index contributed by atoms with van der Waals surface area (Å²) >= 11 is 6.56. The molecule has 0 spiro atoms. The van der Waals surface area contributed by atoms with Gasteiger partial charge in [0.05, 0.1) is 35.1 Å². The second-order valence-electron chi connectivity index (χ2n) is 8.82. The monoisotopic (exact) mass is 481 g/mol. The Hall–Kier alpha value is -3.49. The molecule has 8 nitrogen and oxygen atoms in total. The highest BCUT2D eigenvalue weighted by molar-refractivity contribution is 6.38. The quantitative estimate of drug-likeness (QED) is 0.365. The minimum Gasteiger partial charge on any atom is -0.504 e. The van der Waals surface area contributed by atoms with E-state index in [0.717, 1.165) is 42.7 Å². The van der Waals surface area contributed by atoms with E-state index in [1.807, 2.05) is 31.2 Å². The van der Waals surface area contributed by atoms with E-state index in [4.69, 9.17) is 20.9 Å². The van der Waals surface area contributed by atoms with E-state index in [2.05, 4.69) is 15.4 Å². The smallest absolute Gasteiger partial charge is 0.260 e. The Morgan fingerprint density at radius 1 is 1.18 bits per heavy atom. The molecule has 0 unspecified atom stereocenters. The lowest BCUT2D eigenvalue weighted by atomic mass is 9.93. The summed E-state index contributed by atoms with van der Waals surface area (Å²) in [5.41, 5.74) is 3.16. The van der Waals surface area contributed by atoms with Crippen molar-refractivity contribution in [2.24, 2.45) is 0 Å². The molecular formula is C25H24ClN3O5. The number of aromatic nitrogens is 1. The molecule has 2 aliphatic rings. The number of carbonyl (C=O) groups is 1. The fraction of sp³-hybridized carbons (Fsp3) is 0.280. The van der Waals surface area contributed by atoms with Crippen LogP contribution in [0.4, 0.5) is 11.4 Å². The molecule has 5 rings (SSSR count). The SMILES string of the molecule is COc1cc(/C(O)=C2\C(=O)Nc3cc(Cl)c(-c4ccc(N5CCC(C)(O)CC5)cc4)cc32)on1. The Kier molecular flexibility index (Phi) is 5.50. The Morgan fingerprint density at radius 2 is 1.88 bits per heavy atom. The molecule has 3 aromatic rings. The van der Waals surface area contributed by atoms with Gasteiger partial charge in [-0.2, -0.15) is 0 Å². The maximum atomic E-state index is 12.7. The maximum absolute atomic E-state index is 12.7. The van der Waals surface area contributed by atoms with Crippen molar-refractivity contribution in [3.8, 4) is 17.0 Å². The van der Waals surface area contributed by atoms with E-state index in [0.29, 0.717) is 16.3 Å². The average molecular weight is 482 g/mol. The highest BCUT2D eigenvalue weighted by atomic mass is 35.5. The van der Waals surface area contributed by atoms with Gasteiger partial charge >= 0.3 is 0 Å². The molecule has 2 aliphatic heterocycles. The van der Waals surface area contributed by atoms with Crippen molar-refractivity contribution in [1.82, 2.24) is 5.16 Å². The molecule has 0 atom stereocenters. The molecule has 2 aromatic carbocycles. The number of halogens is 1. The summed E-state index contributed by atoms with van der Waals surface area (Å²) < 4.78 is 10.1. The predicted octanol–water partition coefficient (Wildman–Crippen LogP) is 4.73. The van der Waals surface area contributed by atoms with Gasteiger partial charge in [-0.1, -0.05) is 23.7 Å². The van der Waals surface area contributed by atoms with Crippen molar-refractivity contribution < 1.29 is 24.3 Å². The molecule has 1 saturated heterocycles. The van der Waals surface area contributed by atoms with Crippen LogP contribution in [0.3, 0.4) is 0 Å². The topological polar surface area (TPSA) is 108 Å². The number of piperidine rings is 1. The first-order chi connectivity index (χ1) is 16.3. The number of aliphatic hydroxyl groups is 2. The highest BCUT2D eigenvalue weighted by Gasteiger charge is 2.31. The standard InChI is InChI=1S/C25H24ClN3O5/c1-25(32)7-9-29(10-8-25)15-5-3-14(4-6-15)16-11-17-19(12-18(16)26)27-24(31)22(17)23(30)20-13-21(33-2)28-34-20/h3-6,11-13,30,32H,7-10H2,1-2H3,(H,27,31)/b23-22+. The number of anilines is 2. The van der Waals surface area contributed by atoms with E-state index in [9.17, 15) is 15.0 Å². The third kappa shape index (κ3) is 3.99. The van der Waals surface area contributed by atoms with Gasteiger partial charge in [0.15, 0.2) is 5.76 Å². The van der Waals surface area contributed by atoms with Gasteiger partial charge in [-0.15, -0.1) is 0 Å². The van der Waals surface area contributed by atoms with Crippen LogP contribution in [-0.2, 0) is 4.79 Å². The fourth-order valence-electron chi connectivity index (χ4n) is 4.34. The molecule has 34 heavy (non-hydrogen) atoms. The number of benzene rings is 2. The lowest BCUT2D eigenvalue weighted by Crippen LogP contribution is -2.42. The second kappa shape index (κ2) is 8.38. The van der Waals surface area contributed by atoms with Crippen molar-refractivity contribution in [2.75, 3.05) is 30.4 Å². The molecule has 3 heterocycles. The van der Waals surface area contributed by atoms with E-state index >= 15 is 0 Å². The molecule has 0 aliphatic carbocycles. The molecule has 1 fully saturated rings. The first-order valence-corrected chi connectivity index (χ1v) is 11.3. The lowest BCUT2D eigenvalue weighted by Gasteiger charge is -2.37. The normalized spacial score (nSPS) is 18.5. The number of nitrogens with one attached hydrogen (secondary N) is 1. The van der Waals surface area contributed by atoms with Gasteiger partial charge in [0.1, 0.15) is 0 Å². The van der Waals surface area contributed by atoms with Gasteiger partial charge in [0.2, 0.25) is 5.76 Å². The van der Waals surface area contributed by atoms with Gasteiger partial charge in [-0.05, 0) is 54.8 Å². The molecule has 176 valence electrons. The fourth-order valence-corrected chi connectivity index (χ4v) is 4.61. The van der Waals surface area contributed by atoms with Crippen LogP contribution in [0.15, 0.2) is 47.0 Å². The number of fused-ring (bicyclic) bond motifs is 1. The number of aliphatic hydroxyl groups excluding tert-OH is 1. The van der Waals surface area contributed by atoms with Gasteiger partial charge < -0.3 is 29.7 Å². The number of ether oxygens (including phenoxy) is 1. The number of amides is 1. The van der Waals surface area contributed by atoms with E-state index < -0.39 is 11.5 Å². The second-order valence-corrected chi connectivity index (χ2v) is 9.23. The maximum Gasteiger partial charge on any atom is 0.260 e. The lowest BCUT2D eigenvalue weighted by molar-refractivity contribution is -0.110. The van der Waals surface area contributed by atoms with Crippen LogP contribution in [0.1, 0.15) is 31.1 Å². The van der Waals surface area contributed by atoms with Crippen LogP contribution in [0.2, 0.25) is 5.02 Å². The van der Waals surface area contributed by atoms with Crippen molar-refractivity contribution in [3.63, 3.8) is 0 Å². The Morgan fingerprint density at radius 3 is 2.53 bits per heavy atom. The van der Waals surface area contributed by atoms with Crippen molar-refractivity contribution in [3.05, 3.63) is 58.8 Å². The van der Waals surface area contributed by atoms with E-state index in [1.54, 1.807) is 12.1 Å². The molecule has 1 amide bonds. The summed E-state index contributed by atoms with van der Waals surface area (Å²) in [4.78, 5) is 14.9. The molecule has 3 N–H and O–H groups in total. The number of methoxy groups -OCH3 is 1. The van der Waals surface area contributed by atoms with Crippen LogP contribution in [0.25, 0.3) is 22.5 Å². The summed E-state index contributed by atoms with van der Waals surface area (Å²) in [5.74, 6) is -0.588. The Bertz CT molecular complexity index is 1290. The van der Waals surface area contributed by atoms with Gasteiger partial charge in [-0.25, -0.2) is 0 Å². The van der Waals surface area contributed by atoms with Gasteiger partial charge in [-0.3, -0.25) is 4.79 Å². The minimum atomic E-state index is -0.604. The molecule has 0 saturated carbocycles. The summed E-state index contributed by atoms with van der Waals surface area (Å²) in [6.07, 6.45) is 1.45. The third-order valence-electron chi connectivity index (χ3n) is 6.40. The molecule has 1 aromatic heterocycles. The van der Waals surface area contributed by atoms with Crippen LogP contribution in [0, 0.1) is 0 Å². The minimum absolute atomic E-state index is 0.0243. The van der Waals surface area contributed by atoms with Gasteiger partial charge in [0.25, 0.3) is 11.8 Å². The highest BCUT2D eigenvalue weighted by Crippen LogP contribution is 2.42. The predicted molar refractivity (Wildman–Crippen MR) is 130 cm³/mol. The molecular weight excluding hydrogens is 458 g/mol. The van der Waals surface area contributed by atoms with Crippen molar-refractivity contribution in [2.45, 2.75) is 25.4 Å². The first kappa shape index (κ1) is 22.3. The number of nitrogens with zero attached hydrogens (tertiary/aromatic N) is 2. The van der Waals surface area contributed by atoms with Crippen LogP contribution < -0.4 is 15.0 Å². The average Bonchev–Trinajstić information content (AvgIpc) is 3.42. The van der Waals surface area contributed by atoms with Crippen LogP contribution >= 0.6 is 11.6 Å². The number of hydrogen-bond acceptors (Lipinski definition) is 7. The largest absolute Gasteiger partial charge is 0.504 e. The van der Waals surface area contributed by atoms with Crippen molar-refractivity contribution >= 4 is 40.2 Å². The van der Waals surface area contributed by atoms with Gasteiger partial charge in [0, 0.05) is 29.9 Å². The summed E-state index contributed by atoms with van der Waals surface area (Å²) in [5, 5.41) is 27.9. The summed E-state index contributed by atoms with van der Waals surface area (Å²) in [6.45, 7) is 3.46.